The third-order valence-electron chi connectivity index (χ3n) is 5.69. The van der Waals surface area contributed by atoms with Crippen molar-refractivity contribution in [2.24, 2.45) is 10.9 Å². The highest BCUT2D eigenvalue weighted by Gasteiger charge is 2.31. The molecule has 0 saturated carbocycles. The lowest BCUT2D eigenvalue weighted by molar-refractivity contribution is 0.128. The van der Waals surface area contributed by atoms with Gasteiger partial charge in [-0.05, 0) is 69.6 Å². The van der Waals surface area contributed by atoms with Crippen LogP contribution in [0.1, 0.15) is 43.5 Å². The van der Waals surface area contributed by atoms with E-state index in [1.54, 1.807) is 16.7 Å². The Hall–Kier alpha value is -1.39. The number of aromatic nitrogens is 1. The van der Waals surface area contributed by atoms with Crippen molar-refractivity contribution >= 4 is 41.3 Å². The smallest absolute Gasteiger partial charge is 0.250 e. The number of hydrogen-bond acceptors (Lipinski definition) is 4. The van der Waals surface area contributed by atoms with Gasteiger partial charge in [-0.25, -0.2) is 0 Å². The Morgan fingerprint density at radius 1 is 1.23 bits per heavy atom. The molecule has 8 heteroatoms. The second-order valence-electron chi connectivity index (χ2n) is 7.93. The number of nitrogens with zero attached hydrogens (tertiary/aromatic N) is 3. The Labute approximate surface area is 207 Å². The molecule has 2 aromatic heterocycles. The Balaban J connectivity index is 0.00000341. The molecule has 2 atom stereocenters. The molecule has 3 rings (SSSR count). The largest absolute Gasteiger partial charge is 0.357 e. The second-order valence-corrected chi connectivity index (χ2v) is 8.91. The highest BCUT2D eigenvalue weighted by Crippen LogP contribution is 2.37. The van der Waals surface area contributed by atoms with Crippen molar-refractivity contribution in [3.8, 4) is 0 Å². The number of aliphatic imine (C=N–C) groups is 1. The van der Waals surface area contributed by atoms with E-state index < -0.39 is 0 Å². The van der Waals surface area contributed by atoms with Gasteiger partial charge in [0.2, 0.25) is 5.56 Å². The van der Waals surface area contributed by atoms with Crippen LogP contribution in [0.5, 0.6) is 0 Å². The van der Waals surface area contributed by atoms with Gasteiger partial charge in [0, 0.05) is 49.4 Å². The number of unbranched alkanes of at least 4 members (excludes halogenated alkanes) is 1. The van der Waals surface area contributed by atoms with Crippen LogP contribution in [0.2, 0.25) is 0 Å². The molecule has 31 heavy (non-hydrogen) atoms. The van der Waals surface area contributed by atoms with Crippen molar-refractivity contribution in [2.75, 3.05) is 33.2 Å². The van der Waals surface area contributed by atoms with Crippen molar-refractivity contribution in [3.05, 3.63) is 57.1 Å². The van der Waals surface area contributed by atoms with Gasteiger partial charge in [-0.15, -0.1) is 35.3 Å². The second kappa shape index (κ2) is 13.9. The van der Waals surface area contributed by atoms with Gasteiger partial charge in [-0.2, -0.15) is 0 Å². The van der Waals surface area contributed by atoms with Gasteiger partial charge in [-0.1, -0.05) is 12.1 Å². The van der Waals surface area contributed by atoms with Crippen LogP contribution in [0.4, 0.5) is 0 Å². The maximum absolute atomic E-state index is 11.8. The fraction of sp³-hybridized carbons (Fsp3) is 0.565. The minimum atomic E-state index is 0. The average molecular weight is 558 g/mol. The normalized spacial score (nSPS) is 19.6. The van der Waals surface area contributed by atoms with Crippen molar-refractivity contribution in [3.63, 3.8) is 0 Å². The zero-order chi connectivity index (χ0) is 21.2. The number of aryl methyl sites for hydroxylation is 1. The predicted octanol–water partition coefficient (Wildman–Crippen LogP) is 3.95. The molecule has 6 nitrogen and oxygen atoms in total. The van der Waals surface area contributed by atoms with Gasteiger partial charge in [0.05, 0.1) is 0 Å². The minimum absolute atomic E-state index is 0. The molecule has 1 fully saturated rings. The zero-order valence-electron chi connectivity index (χ0n) is 18.6. The molecule has 1 saturated heterocycles. The quantitative estimate of drug-likeness (QED) is 0.212. The number of piperidine rings is 1. The summed E-state index contributed by atoms with van der Waals surface area (Å²) in [4.78, 5) is 20.6. The third kappa shape index (κ3) is 7.91. The molecular formula is C23H36IN5OS. The lowest BCUT2D eigenvalue weighted by atomic mass is 9.88. The van der Waals surface area contributed by atoms with Gasteiger partial charge < -0.3 is 15.2 Å². The van der Waals surface area contributed by atoms with Crippen LogP contribution in [0.15, 0.2) is 51.7 Å². The van der Waals surface area contributed by atoms with Gasteiger partial charge in [-0.3, -0.25) is 14.7 Å². The molecule has 0 spiro atoms. The molecule has 0 radical (unpaired) electrons. The molecule has 0 aliphatic carbocycles. The van der Waals surface area contributed by atoms with E-state index in [2.05, 4.69) is 47.0 Å². The van der Waals surface area contributed by atoms with Crippen LogP contribution in [0.3, 0.4) is 0 Å². The summed E-state index contributed by atoms with van der Waals surface area (Å²) >= 11 is 1.85. The molecule has 0 bridgehead atoms. The summed E-state index contributed by atoms with van der Waals surface area (Å²) in [5.41, 5.74) is 0.0677. The van der Waals surface area contributed by atoms with Crippen molar-refractivity contribution < 1.29 is 0 Å². The molecule has 0 amide bonds. The average Bonchev–Trinajstić information content (AvgIpc) is 3.27. The van der Waals surface area contributed by atoms with Crippen LogP contribution in [0.25, 0.3) is 0 Å². The number of guanidine groups is 1. The van der Waals surface area contributed by atoms with E-state index in [1.165, 1.54) is 17.7 Å². The molecular weight excluding hydrogens is 521 g/mol. The van der Waals surface area contributed by atoms with Crippen molar-refractivity contribution in [1.82, 2.24) is 20.1 Å². The Kier molecular flexibility index (Phi) is 11.6. The summed E-state index contributed by atoms with van der Waals surface area (Å²) in [7, 11) is 2.24. The van der Waals surface area contributed by atoms with Gasteiger partial charge in [0.15, 0.2) is 5.96 Å². The highest BCUT2D eigenvalue weighted by molar-refractivity contribution is 14.0. The summed E-state index contributed by atoms with van der Waals surface area (Å²) < 4.78 is 1.77. The first-order valence-corrected chi connectivity index (χ1v) is 12.0. The number of hydrogen-bond donors (Lipinski definition) is 2. The van der Waals surface area contributed by atoms with Crippen LogP contribution < -0.4 is 16.2 Å². The number of nitrogens with one attached hydrogen (secondary N) is 2. The first-order chi connectivity index (χ1) is 14.7. The number of halogens is 1. The molecule has 2 unspecified atom stereocenters. The van der Waals surface area contributed by atoms with E-state index >= 15 is 0 Å². The van der Waals surface area contributed by atoms with E-state index in [-0.39, 0.29) is 29.5 Å². The van der Waals surface area contributed by atoms with Crippen molar-refractivity contribution in [1.29, 1.82) is 0 Å². The minimum Gasteiger partial charge on any atom is -0.357 e. The summed E-state index contributed by atoms with van der Waals surface area (Å²) in [6.07, 6.45) is 6.27. The topological polar surface area (TPSA) is 61.7 Å². The fourth-order valence-electron chi connectivity index (χ4n) is 4.17. The van der Waals surface area contributed by atoms with Gasteiger partial charge in [0.25, 0.3) is 0 Å². The lowest BCUT2D eigenvalue weighted by Gasteiger charge is -2.38. The molecule has 0 aromatic carbocycles. The SMILES string of the molecule is CCNC(=NCC1CCCN(C)C1c1cccs1)NCCCCn1ccccc1=O.I. The number of thiophene rings is 1. The predicted molar refractivity (Wildman–Crippen MR) is 142 cm³/mol. The molecule has 2 aromatic rings. The van der Waals surface area contributed by atoms with Crippen LogP contribution >= 0.6 is 35.3 Å². The van der Waals surface area contributed by atoms with Crippen molar-refractivity contribution in [2.45, 2.75) is 45.2 Å². The Morgan fingerprint density at radius 2 is 2.10 bits per heavy atom. The molecule has 1 aliphatic rings. The first kappa shape index (κ1) is 25.9. The van der Waals surface area contributed by atoms with Gasteiger partial charge in [0.1, 0.15) is 0 Å². The molecule has 3 heterocycles. The van der Waals surface area contributed by atoms with Crippen LogP contribution in [-0.2, 0) is 6.54 Å². The fourth-order valence-corrected chi connectivity index (χ4v) is 5.15. The number of pyridine rings is 1. The summed E-state index contributed by atoms with van der Waals surface area (Å²) in [5, 5.41) is 9.01. The molecule has 2 N–H and O–H groups in total. The molecule has 1 aliphatic heterocycles. The Morgan fingerprint density at radius 3 is 2.84 bits per heavy atom. The maximum atomic E-state index is 11.8. The lowest BCUT2D eigenvalue weighted by Crippen LogP contribution is -2.40. The highest BCUT2D eigenvalue weighted by atomic mass is 127. The maximum Gasteiger partial charge on any atom is 0.250 e. The summed E-state index contributed by atoms with van der Waals surface area (Å²) in [5.74, 6) is 1.44. The Bertz CT molecular complexity index is 838. The zero-order valence-corrected chi connectivity index (χ0v) is 21.8. The third-order valence-corrected chi connectivity index (χ3v) is 6.63. The van der Waals surface area contributed by atoms with E-state index in [9.17, 15) is 4.79 Å². The van der Waals surface area contributed by atoms with E-state index in [4.69, 9.17) is 4.99 Å². The first-order valence-electron chi connectivity index (χ1n) is 11.1. The van der Waals surface area contributed by atoms with Crippen LogP contribution in [-0.4, -0.2) is 48.7 Å². The number of rotatable bonds is 9. The van der Waals surface area contributed by atoms with E-state index in [0.717, 1.165) is 51.5 Å². The van der Waals surface area contributed by atoms with E-state index in [0.29, 0.717) is 12.0 Å². The summed E-state index contributed by atoms with van der Waals surface area (Å²) in [6, 6.07) is 10.2. The van der Waals surface area contributed by atoms with Crippen LogP contribution in [0, 0.1) is 5.92 Å². The van der Waals surface area contributed by atoms with E-state index in [1.807, 2.05) is 23.6 Å². The molecule has 172 valence electrons. The van der Waals surface area contributed by atoms with Gasteiger partial charge >= 0.3 is 0 Å². The number of likely N-dealkylation sites (tertiary alicyclic amines) is 1. The monoisotopic (exact) mass is 557 g/mol. The summed E-state index contributed by atoms with van der Waals surface area (Å²) in [6.45, 7) is 6.55. The standard InChI is InChI=1S/C23H35N5OS.HI/c1-3-24-23(25-13-5-7-16-28-15-6-4-12-21(28)29)26-18-19-10-8-14-27(2)22(19)20-11-9-17-30-20;/h4,6,9,11-12,15,17,19,22H,3,5,7-8,10,13-14,16,18H2,1-2H3,(H2,24,25,26);1H.